The van der Waals surface area contributed by atoms with Crippen molar-refractivity contribution in [3.8, 4) is 22.5 Å². The lowest BCUT2D eigenvalue weighted by Crippen LogP contribution is -2.31. The number of aromatic amines is 2. The Labute approximate surface area is 120 Å². The molecule has 3 N–H and O–H groups in total. The molecule has 1 aliphatic rings. The van der Waals surface area contributed by atoms with Crippen LogP contribution in [0.5, 0.6) is 0 Å². The summed E-state index contributed by atoms with van der Waals surface area (Å²) in [6.45, 7) is 0.683. The third-order valence-electron chi connectivity index (χ3n) is 3.67. The molecule has 0 bridgehead atoms. The number of nitrogens with one attached hydrogen (secondary N) is 3. The zero-order valence-corrected chi connectivity index (χ0v) is 11.2. The van der Waals surface area contributed by atoms with Crippen molar-refractivity contribution < 1.29 is 4.79 Å². The fourth-order valence-electron chi connectivity index (χ4n) is 2.60. The Morgan fingerprint density at radius 1 is 1.19 bits per heavy atom. The van der Waals surface area contributed by atoms with Crippen molar-refractivity contribution in [1.29, 1.82) is 0 Å². The van der Waals surface area contributed by atoms with Crippen LogP contribution in [0.4, 0.5) is 0 Å². The Kier molecular flexibility index (Phi) is 2.60. The zero-order valence-electron chi connectivity index (χ0n) is 11.2. The van der Waals surface area contributed by atoms with Gasteiger partial charge in [-0.05, 0) is 18.2 Å². The summed E-state index contributed by atoms with van der Waals surface area (Å²) in [6.07, 6.45) is 6.14. The maximum Gasteiger partial charge on any atom is 0.253 e. The SMILES string of the molecule is O=C1NCCc2[nH]c(-c3ccnc(-c4cn[nH]c4)c3)cc21. The van der Waals surface area contributed by atoms with Crippen LogP contribution in [-0.4, -0.2) is 32.6 Å². The van der Waals surface area contributed by atoms with Gasteiger partial charge in [0.1, 0.15) is 0 Å². The van der Waals surface area contributed by atoms with Crippen LogP contribution in [-0.2, 0) is 6.42 Å². The minimum atomic E-state index is -0.0112. The van der Waals surface area contributed by atoms with Crippen LogP contribution in [0, 0.1) is 0 Å². The molecule has 1 amide bonds. The molecule has 3 aromatic heterocycles. The minimum Gasteiger partial charge on any atom is -0.358 e. The molecule has 21 heavy (non-hydrogen) atoms. The van der Waals surface area contributed by atoms with Gasteiger partial charge in [-0.15, -0.1) is 0 Å². The highest BCUT2D eigenvalue weighted by Gasteiger charge is 2.20. The van der Waals surface area contributed by atoms with E-state index in [9.17, 15) is 4.79 Å². The van der Waals surface area contributed by atoms with Crippen LogP contribution in [0.1, 0.15) is 16.1 Å². The maximum atomic E-state index is 11.8. The second-order valence-electron chi connectivity index (χ2n) is 5.00. The first-order chi connectivity index (χ1) is 10.3. The molecule has 0 spiro atoms. The number of carbonyl (C=O) groups is 1. The van der Waals surface area contributed by atoms with Gasteiger partial charge in [0.25, 0.3) is 5.91 Å². The van der Waals surface area contributed by atoms with Crippen LogP contribution in [0.25, 0.3) is 22.5 Å². The lowest BCUT2D eigenvalue weighted by atomic mass is 10.1. The fraction of sp³-hybridized carbons (Fsp3) is 0.133. The van der Waals surface area contributed by atoms with Crippen molar-refractivity contribution in [2.75, 3.05) is 6.54 Å². The molecule has 4 heterocycles. The molecule has 0 radical (unpaired) electrons. The summed E-state index contributed by atoms with van der Waals surface area (Å²) in [4.78, 5) is 19.5. The second kappa shape index (κ2) is 4.59. The van der Waals surface area contributed by atoms with Gasteiger partial charge in [-0.2, -0.15) is 5.10 Å². The van der Waals surface area contributed by atoms with E-state index in [1.807, 2.05) is 18.2 Å². The van der Waals surface area contributed by atoms with E-state index < -0.39 is 0 Å². The highest BCUT2D eigenvalue weighted by molar-refractivity contribution is 5.97. The molecule has 0 saturated carbocycles. The molecule has 0 aliphatic carbocycles. The number of hydrogen-bond donors (Lipinski definition) is 3. The highest BCUT2D eigenvalue weighted by atomic mass is 16.1. The number of rotatable bonds is 2. The van der Waals surface area contributed by atoms with Crippen molar-refractivity contribution in [1.82, 2.24) is 25.5 Å². The van der Waals surface area contributed by atoms with E-state index in [1.165, 1.54) is 0 Å². The predicted octanol–water partition coefficient (Wildman–Crippen LogP) is 1.75. The fourth-order valence-corrected chi connectivity index (χ4v) is 2.60. The lowest BCUT2D eigenvalue weighted by Gasteiger charge is -2.10. The van der Waals surface area contributed by atoms with E-state index >= 15 is 0 Å². The Hall–Kier alpha value is -2.89. The van der Waals surface area contributed by atoms with Crippen LogP contribution < -0.4 is 5.32 Å². The van der Waals surface area contributed by atoms with Crippen molar-refractivity contribution in [2.24, 2.45) is 0 Å². The number of hydrogen-bond acceptors (Lipinski definition) is 3. The standard InChI is InChI=1S/C15H13N5O/c21-15-11-6-14(20-12(11)2-4-17-15)9-1-3-16-13(5-9)10-7-18-19-8-10/h1,3,5-8,20H,2,4H2,(H,17,21)(H,18,19). The van der Waals surface area contributed by atoms with Gasteiger partial charge < -0.3 is 10.3 Å². The molecule has 0 fully saturated rings. The molecular weight excluding hydrogens is 266 g/mol. The molecular formula is C15H13N5O. The van der Waals surface area contributed by atoms with E-state index in [1.54, 1.807) is 18.6 Å². The monoisotopic (exact) mass is 279 g/mol. The molecule has 0 aromatic carbocycles. The van der Waals surface area contributed by atoms with Crippen LogP contribution in [0.3, 0.4) is 0 Å². The molecule has 3 aromatic rings. The maximum absolute atomic E-state index is 11.8. The van der Waals surface area contributed by atoms with Gasteiger partial charge in [-0.1, -0.05) is 0 Å². The summed E-state index contributed by atoms with van der Waals surface area (Å²) in [5.74, 6) is -0.0112. The van der Waals surface area contributed by atoms with Gasteiger partial charge in [0.15, 0.2) is 0 Å². The van der Waals surface area contributed by atoms with Gasteiger partial charge in [0.05, 0.1) is 17.5 Å². The van der Waals surface area contributed by atoms with Crippen molar-refractivity contribution in [2.45, 2.75) is 6.42 Å². The van der Waals surface area contributed by atoms with Gasteiger partial charge in [0, 0.05) is 47.9 Å². The minimum absolute atomic E-state index is 0.0112. The van der Waals surface area contributed by atoms with Crippen molar-refractivity contribution in [3.05, 3.63) is 48.0 Å². The van der Waals surface area contributed by atoms with Crippen LogP contribution in [0.15, 0.2) is 36.8 Å². The van der Waals surface area contributed by atoms with E-state index in [0.717, 1.165) is 40.2 Å². The predicted molar refractivity (Wildman–Crippen MR) is 77.6 cm³/mol. The summed E-state index contributed by atoms with van der Waals surface area (Å²) < 4.78 is 0. The highest BCUT2D eigenvalue weighted by Crippen LogP contribution is 2.26. The number of pyridine rings is 1. The summed E-state index contributed by atoms with van der Waals surface area (Å²) in [5, 5.41) is 9.57. The molecule has 0 atom stereocenters. The Morgan fingerprint density at radius 3 is 2.95 bits per heavy atom. The third kappa shape index (κ3) is 2.01. The Bertz CT molecular complexity index is 803. The van der Waals surface area contributed by atoms with E-state index in [4.69, 9.17) is 0 Å². The first kappa shape index (κ1) is 11.9. The Morgan fingerprint density at radius 2 is 2.14 bits per heavy atom. The number of amides is 1. The van der Waals surface area contributed by atoms with E-state index in [0.29, 0.717) is 6.54 Å². The quantitative estimate of drug-likeness (QED) is 0.668. The molecule has 0 saturated heterocycles. The second-order valence-corrected chi connectivity index (χ2v) is 5.00. The van der Waals surface area contributed by atoms with Gasteiger partial charge in [0.2, 0.25) is 0 Å². The first-order valence-electron chi connectivity index (χ1n) is 6.77. The number of aromatic nitrogens is 4. The summed E-state index contributed by atoms with van der Waals surface area (Å²) in [7, 11) is 0. The molecule has 6 heteroatoms. The van der Waals surface area contributed by atoms with E-state index in [2.05, 4.69) is 25.5 Å². The molecule has 104 valence electrons. The molecule has 6 nitrogen and oxygen atoms in total. The van der Waals surface area contributed by atoms with Gasteiger partial charge in [-0.3, -0.25) is 14.9 Å². The normalized spacial score (nSPS) is 13.8. The van der Waals surface area contributed by atoms with Crippen molar-refractivity contribution >= 4 is 5.91 Å². The summed E-state index contributed by atoms with van der Waals surface area (Å²) in [6, 6.07) is 5.82. The molecule has 4 rings (SSSR count). The number of H-pyrrole nitrogens is 2. The van der Waals surface area contributed by atoms with Gasteiger partial charge >= 0.3 is 0 Å². The number of fused-ring (bicyclic) bond motifs is 1. The topological polar surface area (TPSA) is 86.5 Å². The average Bonchev–Trinajstić information content (AvgIpc) is 3.18. The van der Waals surface area contributed by atoms with Crippen LogP contribution in [0.2, 0.25) is 0 Å². The third-order valence-corrected chi connectivity index (χ3v) is 3.67. The van der Waals surface area contributed by atoms with Crippen molar-refractivity contribution in [3.63, 3.8) is 0 Å². The lowest BCUT2D eigenvalue weighted by molar-refractivity contribution is 0.0946. The van der Waals surface area contributed by atoms with Gasteiger partial charge in [-0.25, -0.2) is 0 Å². The molecule has 1 aliphatic heterocycles. The van der Waals surface area contributed by atoms with Crippen LogP contribution >= 0.6 is 0 Å². The first-order valence-corrected chi connectivity index (χ1v) is 6.77. The summed E-state index contributed by atoms with van der Waals surface area (Å²) >= 11 is 0. The van der Waals surface area contributed by atoms with E-state index in [-0.39, 0.29) is 5.91 Å². The summed E-state index contributed by atoms with van der Waals surface area (Å²) in [5.41, 5.74) is 5.45. The average molecular weight is 279 g/mol. The number of carbonyl (C=O) groups excluding carboxylic acids is 1. The molecule has 0 unspecified atom stereocenters. The largest absolute Gasteiger partial charge is 0.358 e. The zero-order chi connectivity index (χ0) is 14.2. The number of nitrogens with zero attached hydrogens (tertiary/aromatic N) is 2. The smallest absolute Gasteiger partial charge is 0.253 e. The Balaban J connectivity index is 1.77.